The Balaban J connectivity index is 0.000000377. The van der Waals surface area contributed by atoms with Crippen molar-refractivity contribution in [2.45, 2.75) is 31.8 Å². The maximum Gasteiger partial charge on any atom is 0.118 e. The minimum atomic E-state index is -0.483. The van der Waals surface area contributed by atoms with Crippen LogP contribution in [0.1, 0.15) is 37.4 Å². The van der Waals surface area contributed by atoms with Gasteiger partial charge in [-0.05, 0) is 49.2 Å². The molecule has 0 saturated heterocycles. The number of para-hydroxylation sites is 1. The lowest BCUT2D eigenvalue weighted by molar-refractivity contribution is 0.174. The van der Waals surface area contributed by atoms with Gasteiger partial charge in [-0.25, -0.2) is 0 Å². The molecule has 1 atom stereocenters. The van der Waals surface area contributed by atoms with Crippen LogP contribution in [0.5, 0.6) is 11.5 Å². The molecule has 3 N–H and O–H groups in total. The maximum absolute atomic E-state index is 9.99. The molecule has 0 spiro atoms. The summed E-state index contributed by atoms with van der Waals surface area (Å²) in [6, 6.07) is 17.2. The van der Waals surface area contributed by atoms with E-state index in [1.807, 2.05) is 54.6 Å². The highest BCUT2D eigenvalue weighted by atomic mass is 16.5. The van der Waals surface area contributed by atoms with E-state index in [0.717, 1.165) is 49.3 Å². The van der Waals surface area contributed by atoms with E-state index in [4.69, 9.17) is 14.6 Å². The Morgan fingerprint density at radius 2 is 1.41 bits per heavy atom. The summed E-state index contributed by atoms with van der Waals surface area (Å²) in [4.78, 5) is 0. The Morgan fingerprint density at radius 3 is 1.96 bits per heavy atom. The molecule has 0 radical (unpaired) electrons. The lowest BCUT2D eigenvalue weighted by Crippen LogP contribution is -2.22. The molecule has 0 aliphatic heterocycles. The summed E-state index contributed by atoms with van der Waals surface area (Å²) in [5, 5.41) is 21.9. The van der Waals surface area contributed by atoms with Crippen molar-refractivity contribution >= 4 is 0 Å². The number of nitrogens with one attached hydrogen (secondary N) is 1. The maximum atomic E-state index is 9.99. The molecule has 0 heterocycles. The molecule has 0 aliphatic carbocycles. The number of benzene rings is 2. The van der Waals surface area contributed by atoms with Crippen molar-refractivity contribution in [1.82, 2.24) is 5.32 Å². The quantitative estimate of drug-likeness (QED) is 0.524. The Kier molecular flexibility index (Phi) is 12.8. The second-order valence-electron chi connectivity index (χ2n) is 6.15. The average Bonchev–Trinajstić information content (AvgIpc) is 2.74. The van der Waals surface area contributed by atoms with Crippen LogP contribution < -0.4 is 14.8 Å². The zero-order valence-electron chi connectivity index (χ0n) is 16.4. The molecule has 1 unspecified atom stereocenters. The molecule has 0 aliphatic rings. The van der Waals surface area contributed by atoms with Crippen LogP contribution >= 0.6 is 0 Å². The van der Waals surface area contributed by atoms with Gasteiger partial charge in [-0.2, -0.15) is 0 Å². The third-order valence-corrected chi connectivity index (χ3v) is 4.08. The number of rotatable bonds is 11. The van der Waals surface area contributed by atoms with Crippen molar-refractivity contribution in [3.8, 4) is 11.5 Å². The van der Waals surface area contributed by atoms with E-state index in [1.165, 1.54) is 0 Å². The molecule has 0 saturated carbocycles. The molecule has 27 heavy (non-hydrogen) atoms. The van der Waals surface area contributed by atoms with Crippen LogP contribution in [0.25, 0.3) is 0 Å². The van der Waals surface area contributed by atoms with E-state index >= 15 is 0 Å². The van der Waals surface area contributed by atoms with Gasteiger partial charge in [-0.15, -0.1) is 0 Å². The van der Waals surface area contributed by atoms with Crippen LogP contribution in [0.3, 0.4) is 0 Å². The normalized spacial score (nSPS) is 11.3. The molecule has 2 aromatic rings. The van der Waals surface area contributed by atoms with Crippen LogP contribution in [0, 0.1) is 0 Å². The number of unbranched alkanes of at least 4 members (excludes halogenated alkanes) is 3. The Hall–Kier alpha value is -2.08. The predicted molar refractivity (Wildman–Crippen MR) is 109 cm³/mol. The van der Waals surface area contributed by atoms with Gasteiger partial charge in [-0.3, -0.25) is 0 Å². The first-order chi connectivity index (χ1) is 13.2. The summed E-state index contributed by atoms with van der Waals surface area (Å²) in [5.74, 6) is 1.71. The average molecular weight is 376 g/mol. The minimum Gasteiger partial charge on any atom is -0.497 e. The molecule has 5 heteroatoms. The molecule has 2 rings (SSSR count). The fraction of sp³-hybridized carbons (Fsp3) is 0.455. The monoisotopic (exact) mass is 375 g/mol. The molecule has 0 aromatic heterocycles. The first-order valence-corrected chi connectivity index (χ1v) is 9.44. The summed E-state index contributed by atoms with van der Waals surface area (Å²) < 4.78 is 9.99. The number of aliphatic hydroxyl groups is 2. The largest absolute Gasteiger partial charge is 0.497 e. The Labute approximate surface area is 163 Å². The van der Waals surface area contributed by atoms with Gasteiger partial charge in [0.1, 0.15) is 11.5 Å². The zero-order chi connectivity index (χ0) is 19.7. The lowest BCUT2D eigenvalue weighted by atomic mass is 10.1. The number of ether oxygens (including phenoxy) is 2. The molecule has 0 amide bonds. The molecule has 0 bridgehead atoms. The van der Waals surface area contributed by atoms with Gasteiger partial charge in [0.05, 0.1) is 20.3 Å². The standard InChI is InChI=1S/C15H25NO3.C7H8O/c1-19-14-8-6-13(7-9-14)15(18)12-16-10-4-2-3-5-11-17;1-8-7-5-3-2-4-6-7/h6-9,15-18H,2-5,10-12H2,1H3;2-6H,1H3. The van der Waals surface area contributed by atoms with Crippen LogP contribution in [0.15, 0.2) is 54.6 Å². The number of aliphatic hydroxyl groups excluding tert-OH is 2. The van der Waals surface area contributed by atoms with E-state index in [-0.39, 0.29) is 6.61 Å². The minimum absolute atomic E-state index is 0.281. The fourth-order valence-corrected chi connectivity index (χ4v) is 2.45. The van der Waals surface area contributed by atoms with Crippen LogP contribution in [0.4, 0.5) is 0 Å². The van der Waals surface area contributed by atoms with Gasteiger partial charge in [0.15, 0.2) is 0 Å². The van der Waals surface area contributed by atoms with E-state index in [2.05, 4.69) is 5.32 Å². The van der Waals surface area contributed by atoms with E-state index in [0.29, 0.717) is 6.54 Å². The predicted octanol–water partition coefficient (Wildman–Crippen LogP) is 3.57. The lowest BCUT2D eigenvalue weighted by Gasteiger charge is -2.12. The number of methoxy groups -OCH3 is 2. The molecule has 0 fully saturated rings. The van der Waals surface area contributed by atoms with Gasteiger partial charge < -0.3 is 25.0 Å². The van der Waals surface area contributed by atoms with E-state index in [9.17, 15) is 5.11 Å². The zero-order valence-corrected chi connectivity index (χ0v) is 16.4. The number of hydrogen-bond donors (Lipinski definition) is 3. The first kappa shape index (κ1) is 23.0. The molecule has 150 valence electrons. The highest BCUT2D eigenvalue weighted by Gasteiger charge is 2.06. The van der Waals surface area contributed by atoms with Crippen molar-refractivity contribution in [3.63, 3.8) is 0 Å². The fourth-order valence-electron chi connectivity index (χ4n) is 2.45. The van der Waals surface area contributed by atoms with E-state index < -0.39 is 6.10 Å². The topological polar surface area (TPSA) is 71.0 Å². The SMILES string of the molecule is COc1ccc(C(O)CNCCCCCCO)cc1.COc1ccccc1. The summed E-state index contributed by atoms with van der Waals surface area (Å²) in [6.07, 6.45) is 3.67. The van der Waals surface area contributed by atoms with Gasteiger partial charge in [0, 0.05) is 13.2 Å². The van der Waals surface area contributed by atoms with Crippen molar-refractivity contribution in [3.05, 3.63) is 60.2 Å². The number of hydrogen-bond acceptors (Lipinski definition) is 5. The summed E-state index contributed by atoms with van der Waals surface area (Å²) in [5.41, 5.74) is 0.897. The van der Waals surface area contributed by atoms with Gasteiger partial charge in [-0.1, -0.05) is 43.2 Å². The summed E-state index contributed by atoms with van der Waals surface area (Å²) in [6.45, 7) is 1.74. The van der Waals surface area contributed by atoms with Gasteiger partial charge in [0.2, 0.25) is 0 Å². The smallest absolute Gasteiger partial charge is 0.118 e. The molecule has 5 nitrogen and oxygen atoms in total. The Morgan fingerprint density at radius 1 is 0.815 bits per heavy atom. The van der Waals surface area contributed by atoms with Crippen LogP contribution in [-0.2, 0) is 0 Å². The van der Waals surface area contributed by atoms with Crippen molar-refractivity contribution in [2.24, 2.45) is 0 Å². The van der Waals surface area contributed by atoms with Crippen LogP contribution in [-0.4, -0.2) is 44.1 Å². The highest BCUT2D eigenvalue weighted by molar-refractivity contribution is 5.28. The third kappa shape index (κ3) is 10.6. The molecular formula is C22H33NO4. The van der Waals surface area contributed by atoms with Gasteiger partial charge >= 0.3 is 0 Å². The summed E-state index contributed by atoms with van der Waals surface area (Å²) in [7, 11) is 3.29. The first-order valence-electron chi connectivity index (χ1n) is 9.44. The molecule has 2 aromatic carbocycles. The van der Waals surface area contributed by atoms with E-state index in [1.54, 1.807) is 14.2 Å². The third-order valence-electron chi connectivity index (χ3n) is 4.08. The Bertz CT molecular complexity index is 575. The van der Waals surface area contributed by atoms with Crippen molar-refractivity contribution < 1.29 is 19.7 Å². The van der Waals surface area contributed by atoms with Crippen LogP contribution in [0.2, 0.25) is 0 Å². The van der Waals surface area contributed by atoms with Gasteiger partial charge in [0.25, 0.3) is 0 Å². The second-order valence-corrected chi connectivity index (χ2v) is 6.15. The van der Waals surface area contributed by atoms with Crippen molar-refractivity contribution in [1.29, 1.82) is 0 Å². The summed E-state index contributed by atoms with van der Waals surface area (Å²) >= 11 is 0. The molecular weight excluding hydrogens is 342 g/mol. The highest BCUT2D eigenvalue weighted by Crippen LogP contribution is 2.16. The van der Waals surface area contributed by atoms with Crippen molar-refractivity contribution in [2.75, 3.05) is 33.9 Å². The second kappa shape index (κ2) is 15.0.